The summed E-state index contributed by atoms with van der Waals surface area (Å²) in [5.41, 5.74) is 1.20. The van der Waals surface area contributed by atoms with E-state index in [2.05, 4.69) is 20.2 Å². The summed E-state index contributed by atoms with van der Waals surface area (Å²) in [6.07, 6.45) is 3.89. The molecule has 110 valence electrons. The van der Waals surface area contributed by atoms with Gasteiger partial charge in [-0.2, -0.15) is 0 Å². The van der Waals surface area contributed by atoms with E-state index in [9.17, 15) is 4.79 Å². The summed E-state index contributed by atoms with van der Waals surface area (Å²) in [5.74, 6) is 1.15. The van der Waals surface area contributed by atoms with Crippen molar-refractivity contribution in [2.75, 3.05) is 18.0 Å². The SMILES string of the molecule is Cc1cc(C(=O)NCc2ccco2)nc(N2CCCC2)n1. The molecular weight excluding hydrogens is 268 g/mol. The summed E-state index contributed by atoms with van der Waals surface area (Å²) >= 11 is 0. The summed E-state index contributed by atoms with van der Waals surface area (Å²) in [6, 6.07) is 5.32. The van der Waals surface area contributed by atoms with Gasteiger partial charge in [-0.3, -0.25) is 4.79 Å². The largest absolute Gasteiger partial charge is 0.467 e. The predicted octanol–water partition coefficient (Wildman–Crippen LogP) is 1.91. The molecule has 6 nitrogen and oxygen atoms in total. The van der Waals surface area contributed by atoms with Crippen molar-refractivity contribution < 1.29 is 9.21 Å². The minimum Gasteiger partial charge on any atom is -0.467 e. The zero-order valence-electron chi connectivity index (χ0n) is 12.0. The molecule has 0 radical (unpaired) electrons. The van der Waals surface area contributed by atoms with Crippen LogP contribution in [0.15, 0.2) is 28.9 Å². The van der Waals surface area contributed by atoms with E-state index in [4.69, 9.17) is 4.42 Å². The predicted molar refractivity (Wildman–Crippen MR) is 78.1 cm³/mol. The summed E-state index contributed by atoms with van der Waals surface area (Å²) in [5, 5.41) is 2.80. The summed E-state index contributed by atoms with van der Waals surface area (Å²) < 4.78 is 5.19. The van der Waals surface area contributed by atoms with Crippen molar-refractivity contribution >= 4 is 11.9 Å². The van der Waals surface area contributed by atoms with E-state index >= 15 is 0 Å². The molecule has 2 aromatic heterocycles. The first-order valence-corrected chi connectivity index (χ1v) is 7.13. The van der Waals surface area contributed by atoms with E-state index in [0.717, 1.165) is 31.6 Å². The molecule has 3 heterocycles. The molecule has 0 bridgehead atoms. The number of nitrogens with zero attached hydrogens (tertiary/aromatic N) is 3. The fourth-order valence-electron chi connectivity index (χ4n) is 2.40. The highest BCUT2D eigenvalue weighted by Crippen LogP contribution is 2.16. The monoisotopic (exact) mass is 286 g/mol. The van der Waals surface area contributed by atoms with Gasteiger partial charge in [0.1, 0.15) is 11.5 Å². The van der Waals surface area contributed by atoms with Gasteiger partial charge in [-0.15, -0.1) is 0 Å². The first kappa shape index (κ1) is 13.6. The van der Waals surface area contributed by atoms with Crippen LogP contribution in [0.1, 0.15) is 34.8 Å². The number of aryl methyl sites for hydroxylation is 1. The Morgan fingerprint density at radius 2 is 2.19 bits per heavy atom. The molecule has 0 unspecified atom stereocenters. The van der Waals surface area contributed by atoms with Gasteiger partial charge in [0.05, 0.1) is 12.8 Å². The fourth-order valence-corrected chi connectivity index (χ4v) is 2.40. The van der Waals surface area contributed by atoms with Crippen LogP contribution in [-0.2, 0) is 6.54 Å². The second kappa shape index (κ2) is 5.95. The molecule has 0 aromatic carbocycles. The van der Waals surface area contributed by atoms with Gasteiger partial charge in [-0.1, -0.05) is 0 Å². The van der Waals surface area contributed by atoms with Gasteiger partial charge in [0.2, 0.25) is 5.95 Å². The topological polar surface area (TPSA) is 71.3 Å². The molecule has 1 N–H and O–H groups in total. The highest BCUT2D eigenvalue weighted by atomic mass is 16.3. The van der Waals surface area contributed by atoms with Crippen LogP contribution in [0.3, 0.4) is 0 Å². The lowest BCUT2D eigenvalue weighted by Crippen LogP contribution is -2.26. The number of nitrogens with one attached hydrogen (secondary N) is 1. The van der Waals surface area contributed by atoms with E-state index in [1.54, 1.807) is 18.4 Å². The van der Waals surface area contributed by atoms with Crippen molar-refractivity contribution in [1.29, 1.82) is 0 Å². The van der Waals surface area contributed by atoms with Gasteiger partial charge in [0, 0.05) is 18.8 Å². The number of rotatable bonds is 4. The number of aromatic nitrogens is 2. The lowest BCUT2D eigenvalue weighted by Gasteiger charge is -2.16. The van der Waals surface area contributed by atoms with Crippen LogP contribution in [0.5, 0.6) is 0 Å². The molecule has 6 heteroatoms. The Hall–Kier alpha value is -2.37. The lowest BCUT2D eigenvalue weighted by molar-refractivity contribution is 0.0943. The van der Waals surface area contributed by atoms with Crippen molar-refractivity contribution in [3.63, 3.8) is 0 Å². The maximum atomic E-state index is 12.2. The summed E-state index contributed by atoms with van der Waals surface area (Å²) in [4.78, 5) is 23.1. The zero-order valence-corrected chi connectivity index (χ0v) is 12.0. The zero-order chi connectivity index (χ0) is 14.7. The Labute approximate surface area is 123 Å². The van der Waals surface area contributed by atoms with Gasteiger partial charge in [0.15, 0.2) is 0 Å². The van der Waals surface area contributed by atoms with E-state index in [1.807, 2.05) is 13.0 Å². The molecule has 0 spiro atoms. The van der Waals surface area contributed by atoms with Crippen LogP contribution < -0.4 is 10.2 Å². The molecular formula is C15H18N4O2. The maximum absolute atomic E-state index is 12.2. The third-order valence-electron chi connectivity index (χ3n) is 3.47. The van der Waals surface area contributed by atoms with Crippen LogP contribution >= 0.6 is 0 Å². The second-order valence-corrected chi connectivity index (χ2v) is 5.15. The quantitative estimate of drug-likeness (QED) is 0.929. The summed E-state index contributed by atoms with van der Waals surface area (Å²) in [6.45, 7) is 4.15. The number of furan rings is 1. The molecule has 3 rings (SSSR count). The molecule has 1 fully saturated rings. The molecule has 0 aliphatic carbocycles. The van der Waals surface area contributed by atoms with Gasteiger partial charge >= 0.3 is 0 Å². The Morgan fingerprint density at radius 1 is 1.38 bits per heavy atom. The highest BCUT2D eigenvalue weighted by molar-refractivity contribution is 5.92. The average molecular weight is 286 g/mol. The fraction of sp³-hybridized carbons (Fsp3) is 0.400. The molecule has 1 aliphatic rings. The van der Waals surface area contributed by atoms with Crippen LogP contribution in [0, 0.1) is 6.92 Å². The van der Waals surface area contributed by atoms with Crippen LogP contribution in [-0.4, -0.2) is 29.0 Å². The minimum atomic E-state index is -0.211. The molecule has 2 aromatic rings. The smallest absolute Gasteiger partial charge is 0.270 e. The average Bonchev–Trinajstić information content (AvgIpc) is 3.17. The van der Waals surface area contributed by atoms with Crippen molar-refractivity contribution in [1.82, 2.24) is 15.3 Å². The molecule has 1 aliphatic heterocycles. The van der Waals surface area contributed by atoms with Crippen molar-refractivity contribution in [2.24, 2.45) is 0 Å². The number of anilines is 1. The molecule has 1 amide bonds. The van der Waals surface area contributed by atoms with Crippen molar-refractivity contribution in [2.45, 2.75) is 26.3 Å². The third-order valence-corrected chi connectivity index (χ3v) is 3.47. The maximum Gasteiger partial charge on any atom is 0.270 e. The molecule has 0 atom stereocenters. The van der Waals surface area contributed by atoms with E-state index in [1.165, 1.54) is 0 Å². The first-order valence-electron chi connectivity index (χ1n) is 7.13. The molecule has 1 saturated heterocycles. The molecule has 0 saturated carbocycles. The number of hydrogen-bond donors (Lipinski definition) is 1. The minimum absolute atomic E-state index is 0.211. The van der Waals surface area contributed by atoms with E-state index in [-0.39, 0.29) is 5.91 Å². The Balaban J connectivity index is 1.72. The number of carbonyl (C=O) groups is 1. The summed E-state index contributed by atoms with van der Waals surface area (Å²) in [7, 11) is 0. The van der Waals surface area contributed by atoms with Crippen molar-refractivity contribution in [3.8, 4) is 0 Å². The van der Waals surface area contributed by atoms with Gasteiger partial charge in [0.25, 0.3) is 5.91 Å². The lowest BCUT2D eigenvalue weighted by atomic mass is 10.3. The normalized spacial score (nSPS) is 14.4. The Kier molecular flexibility index (Phi) is 3.85. The Morgan fingerprint density at radius 3 is 2.90 bits per heavy atom. The molecule has 21 heavy (non-hydrogen) atoms. The van der Waals surface area contributed by atoms with Gasteiger partial charge in [-0.05, 0) is 38.0 Å². The number of amides is 1. The van der Waals surface area contributed by atoms with Crippen LogP contribution in [0.2, 0.25) is 0 Å². The Bertz CT molecular complexity index is 619. The van der Waals surface area contributed by atoms with E-state index in [0.29, 0.717) is 23.9 Å². The second-order valence-electron chi connectivity index (χ2n) is 5.15. The van der Waals surface area contributed by atoms with Gasteiger partial charge in [-0.25, -0.2) is 9.97 Å². The standard InChI is InChI=1S/C15H18N4O2/c1-11-9-13(14(20)16-10-12-5-4-8-21-12)18-15(17-11)19-6-2-3-7-19/h4-5,8-9H,2-3,6-7,10H2,1H3,(H,16,20). The number of hydrogen-bond acceptors (Lipinski definition) is 5. The van der Waals surface area contributed by atoms with Gasteiger partial charge < -0.3 is 14.6 Å². The first-order chi connectivity index (χ1) is 10.2. The van der Waals surface area contributed by atoms with E-state index < -0.39 is 0 Å². The van der Waals surface area contributed by atoms with Crippen molar-refractivity contribution in [3.05, 3.63) is 41.6 Å². The van der Waals surface area contributed by atoms with Crippen LogP contribution in [0.4, 0.5) is 5.95 Å². The van der Waals surface area contributed by atoms with Crippen LogP contribution in [0.25, 0.3) is 0 Å². The third kappa shape index (κ3) is 3.21. The number of carbonyl (C=O) groups excluding carboxylic acids is 1. The highest BCUT2D eigenvalue weighted by Gasteiger charge is 2.18.